The summed E-state index contributed by atoms with van der Waals surface area (Å²) in [5.74, 6) is -1.77. The molecule has 1 fully saturated rings. The molecule has 2 atom stereocenters. The molecule has 1 aliphatic rings. The number of anilines is 1. The summed E-state index contributed by atoms with van der Waals surface area (Å²) in [4.78, 5) is 1.85. The number of aliphatic hydroxyl groups excluding tert-OH is 1. The Bertz CT molecular complexity index is 451. The number of hydrogen-bond acceptors (Lipinski definition) is 3. The molecule has 0 aromatic heterocycles. The molecular formula is C13H17F2NO2. The van der Waals surface area contributed by atoms with Gasteiger partial charge in [0.05, 0.1) is 18.2 Å². The van der Waals surface area contributed by atoms with Crippen LogP contribution in [0.25, 0.3) is 0 Å². The minimum Gasteiger partial charge on any atom is -0.366 e. The average molecular weight is 257 g/mol. The molecule has 5 heteroatoms. The topological polar surface area (TPSA) is 32.7 Å². The van der Waals surface area contributed by atoms with Gasteiger partial charge in [0.15, 0.2) is 17.9 Å². The first-order chi connectivity index (χ1) is 8.33. The quantitative estimate of drug-likeness (QED) is 0.838. The standard InChI is InChI=1S/C13H17F2NO2/c1-8-12(17)18-7-13(2,3)16(8)9-4-5-10(14)11(15)6-9/h4-6,8,12,17H,7H2,1-3H3. The highest BCUT2D eigenvalue weighted by Crippen LogP contribution is 2.32. The van der Waals surface area contributed by atoms with Crippen molar-refractivity contribution in [3.05, 3.63) is 29.8 Å². The normalized spacial score (nSPS) is 27.3. The fraction of sp³-hybridized carbons (Fsp3) is 0.538. The van der Waals surface area contributed by atoms with Crippen LogP contribution in [0.3, 0.4) is 0 Å². The van der Waals surface area contributed by atoms with Crippen molar-refractivity contribution in [2.45, 2.75) is 38.6 Å². The highest BCUT2D eigenvalue weighted by atomic mass is 19.2. The molecule has 0 spiro atoms. The lowest BCUT2D eigenvalue weighted by atomic mass is 9.97. The molecule has 1 N–H and O–H groups in total. The van der Waals surface area contributed by atoms with Gasteiger partial charge >= 0.3 is 0 Å². The minimum atomic E-state index is -0.939. The second-order valence-corrected chi connectivity index (χ2v) is 5.22. The van der Waals surface area contributed by atoms with Gasteiger partial charge in [-0.3, -0.25) is 0 Å². The Balaban J connectivity index is 2.41. The van der Waals surface area contributed by atoms with Gasteiger partial charge in [0.1, 0.15) is 0 Å². The molecule has 2 rings (SSSR count). The number of hydrogen-bond donors (Lipinski definition) is 1. The van der Waals surface area contributed by atoms with E-state index in [0.29, 0.717) is 12.3 Å². The molecule has 18 heavy (non-hydrogen) atoms. The van der Waals surface area contributed by atoms with Crippen LogP contribution in [0.2, 0.25) is 0 Å². The average Bonchev–Trinajstić information content (AvgIpc) is 2.29. The van der Waals surface area contributed by atoms with Crippen LogP contribution in [-0.4, -0.2) is 29.6 Å². The Hall–Kier alpha value is -1.20. The maximum atomic E-state index is 13.3. The zero-order valence-corrected chi connectivity index (χ0v) is 10.7. The molecule has 0 bridgehead atoms. The molecule has 0 radical (unpaired) electrons. The largest absolute Gasteiger partial charge is 0.366 e. The summed E-state index contributed by atoms with van der Waals surface area (Å²) in [5.41, 5.74) is 0.136. The van der Waals surface area contributed by atoms with E-state index in [1.807, 2.05) is 18.7 Å². The van der Waals surface area contributed by atoms with E-state index in [4.69, 9.17) is 4.74 Å². The van der Waals surface area contributed by atoms with Crippen LogP contribution in [0.1, 0.15) is 20.8 Å². The van der Waals surface area contributed by atoms with Crippen molar-refractivity contribution >= 4 is 5.69 Å². The van der Waals surface area contributed by atoms with Gasteiger partial charge in [0.25, 0.3) is 0 Å². The van der Waals surface area contributed by atoms with Crippen LogP contribution in [0.15, 0.2) is 18.2 Å². The van der Waals surface area contributed by atoms with E-state index in [0.717, 1.165) is 12.1 Å². The SMILES string of the molecule is CC1C(O)OCC(C)(C)N1c1ccc(F)c(F)c1. The van der Waals surface area contributed by atoms with Crippen molar-refractivity contribution in [1.29, 1.82) is 0 Å². The van der Waals surface area contributed by atoms with Gasteiger partial charge in [-0.05, 0) is 32.9 Å². The van der Waals surface area contributed by atoms with Crippen molar-refractivity contribution in [2.75, 3.05) is 11.5 Å². The summed E-state index contributed by atoms with van der Waals surface area (Å²) in [6.45, 7) is 5.96. The highest BCUT2D eigenvalue weighted by Gasteiger charge is 2.40. The third kappa shape index (κ3) is 2.20. The number of benzene rings is 1. The van der Waals surface area contributed by atoms with Crippen LogP contribution in [0.5, 0.6) is 0 Å². The van der Waals surface area contributed by atoms with E-state index in [2.05, 4.69) is 0 Å². The summed E-state index contributed by atoms with van der Waals surface area (Å²) in [6, 6.07) is 3.41. The summed E-state index contributed by atoms with van der Waals surface area (Å²) in [7, 11) is 0. The number of rotatable bonds is 1. The number of halogens is 2. The molecular weight excluding hydrogens is 240 g/mol. The third-order valence-corrected chi connectivity index (χ3v) is 3.26. The van der Waals surface area contributed by atoms with Crippen molar-refractivity contribution in [3.8, 4) is 0 Å². The van der Waals surface area contributed by atoms with E-state index < -0.39 is 23.5 Å². The summed E-state index contributed by atoms with van der Waals surface area (Å²) >= 11 is 0. The first-order valence-electron chi connectivity index (χ1n) is 5.87. The lowest BCUT2D eigenvalue weighted by Gasteiger charge is -2.49. The smallest absolute Gasteiger partial charge is 0.174 e. The van der Waals surface area contributed by atoms with Crippen molar-refractivity contribution in [1.82, 2.24) is 0 Å². The van der Waals surface area contributed by atoms with Gasteiger partial charge in [-0.15, -0.1) is 0 Å². The first kappa shape index (κ1) is 13.2. The van der Waals surface area contributed by atoms with Crippen LogP contribution >= 0.6 is 0 Å². The summed E-state index contributed by atoms with van der Waals surface area (Å²) in [6.07, 6.45) is -0.939. The number of ether oxygens (including phenoxy) is 1. The second kappa shape index (κ2) is 4.48. The highest BCUT2D eigenvalue weighted by molar-refractivity contribution is 5.51. The van der Waals surface area contributed by atoms with Gasteiger partial charge in [0, 0.05) is 11.8 Å². The van der Waals surface area contributed by atoms with E-state index in [1.54, 1.807) is 6.92 Å². The molecule has 100 valence electrons. The van der Waals surface area contributed by atoms with Gasteiger partial charge in [-0.2, -0.15) is 0 Å². The van der Waals surface area contributed by atoms with Crippen LogP contribution in [0.4, 0.5) is 14.5 Å². The molecule has 3 nitrogen and oxygen atoms in total. The molecule has 1 saturated heterocycles. The lowest BCUT2D eigenvalue weighted by Crippen LogP contribution is -2.61. The number of aliphatic hydroxyl groups is 1. The Kier molecular flexibility index (Phi) is 3.29. The summed E-state index contributed by atoms with van der Waals surface area (Å²) < 4.78 is 31.5. The predicted octanol–water partition coefficient (Wildman–Crippen LogP) is 2.29. The predicted molar refractivity (Wildman–Crippen MR) is 64.3 cm³/mol. The van der Waals surface area contributed by atoms with E-state index >= 15 is 0 Å². The maximum absolute atomic E-state index is 13.3. The van der Waals surface area contributed by atoms with Gasteiger partial charge in [-0.1, -0.05) is 0 Å². The van der Waals surface area contributed by atoms with E-state index in [9.17, 15) is 13.9 Å². The Morgan fingerprint density at radius 1 is 1.33 bits per heavy atom. The molecule has 1 heterocycles. The molecule has 0 saturated carbocycles. The number of morpholine rings is 1. The van der Waals surface area contributed by atoms with Gasteiger partial charge < -0.3 is 14.7 Å². The molecule has 1 aromatic rings. The minimum absolute atomic E-state index is 0.317. The van der Waals surface area contributed by atoms with Gasteiger partial charge in [0.2, 0.25) is 0 Å². The maximum Gasteiger partial charge on any atom is 0.174 e. The molecule has 1 aromatic carbocycles. The zero-order chi connectivity index (χ0) is 13.5. The zero-order valence-electron chi connectivity index (χ0n) is 10.7. The van der Waals surface area contributed by atoms with E-state index in [-0.39, 0.29) is 6.04 Å². The van der Waals surface area contributed by atoms with Crippen LogP contribution < -0.4 is 4.90 Å². The Morgan fingerprint density at radius 2 is 2.00 bits per heavy atom. The monoisotopic (exact) mass is 257 g/mol. The molecule has 2 unspecified atom stereocenters. The number of nitrogens with zero attached hydrogens (tertiary/aromatic N) is 1. The summed E-state index contributed by atoms with van der Waals surface area (Å²) in [5, 5.41) is 9.73. The Labute approximate surface area is 105 Å². The lowest BCUT2D eigenvalue weighted by molar-refractivity contribution is -0.148. The van der Waals surface area contributed by atoms with Crippen molar-refractivity contribution in [3.63, 3.8) is 0 Å². The van der Waals surface area contributed by atoms with Crippen LogP contribution in [0, 0.1) is 11.6 Å². The molecule has 1 aliphatic heterocycles. The van der Waals surface area contributed by atoms with Gasteiger partial charge in [-0.25, -0.2) is 8.78 Å². The van der Waals surface area contributed by atoms with Crippen molar-refractivity contribution < 1.29 is 18.6 Å². The van der Waals surface area contributed by atoms with Crippen molar-refractivity contribution in [2.24, 2.45) is 0 Å². The fourth-order valence-corrected chi connectivity index (χ4v) is 2.40. The first-order valence-corrected chi connectivity index (χ1v) is 5.87. The third-order valence-electron chi connectivity index (χ3n) is 3.26. The van der Waals surface area contributed by atoms with E-state index in [1.165, 1.54) is 6.07 Å². The van der Waals surface area contributed by atoms with Crippen LogP contribution in [-0.2, 0) is 4.74 Å². The molecule has 0 amide bonds. The Morgan fingerprint density at radius 3 is 2.61 bits per heavy atom. The fourth-order valence-electron chi connectivity index (χ4n) is 2.40. The second-order valence-electron chi connectivity index (χ2n) is 5.22. The molecule has 0 aliphatic carbocycles.